The van der Waals surface area contributed by atoms with E-state index < -0.39 is 64.4 Å². The van der Waals surface area contributed by atoms with Crippen LogP contribution in [0.2, 0.25) is 0 Å². The number of rotatable bonds is 5. The van der Waals surface area contributed by atoms with E-state index in [0.717, 1.165) is 5.56 Å². The van der Waals surface area contributed by atoms with E-state index >= 15 is 0 Å². The van der Waals surface area contributed by atoms with Crippen molar-refractivity contribution in [1.82, 2.24) is 10.2 Å². The third-order valence-electron chi connectivity index (χ3n) is 8.01. The van der Waals surface area contributed by atoms with Gasteiger partial charge in [0.1, 0.15) is 5.75 Å². The van der Waals surface area contributed by atoms with Crippen LogP contribution in [0.3, 0.4) is 0 Å². The summed E-state index contributed by atoms with van der Waals surface area (Å²) in [4.78, 5) is 67.4. The minimum Gasteiger partial charge on any atom is -0.507 e. The number of nitrogens with two attached hydrogens (primary N) is 1. The van der Waals surface area contributed by atoms with Gasteiger partial charge in [0.05, 0.1) is 17.5 Å². The predicted octanol–water partition coefficient (Wildman–Crippen LogP) is 0.00270. The number of carbonyl (C=O) groups excluding carboxylic acids is 5. The number of phenols is 1. The molecule has 0 aromatic heterocycles. The van der Waals surface area contributed by atoms with Crippen molar-refractivity contribution in [2.75, 3.05) is 20.6 Å². The molecule has 3 aliphatic rings. The SMILES string of the molecule is CN(C)[C@H]1C(=O)C(C(N)=O)C(=O)[C@]2(O)C(=O)C3C(=O)c4c(O)ccc(CNCC(C)(C)C)c4C[C@@H]3C[C@H]12. The molecule has 1 amide bonds. The van der Waals surface area contributed by atoms with Gasteiger partial charge in [-0.2, -0.15) is 0 Å². The van der Waals surface area contributed by atoms with Gasteiger partial charge in [-0.3, -0.25) is 28.9 Å². The van der Waals surface area contributed by atoms with Crippen molar-refractivity contribution >= 4 is 29.0 Å². The Morgan fingerprint density at radius 1 is 1.16 bits per heavy atom. The average molecular weight is 514 g/mol. The van der Waals surface area contributed by atoms with Crippen LogP contribution in [0.25, 0.3) is 0 Å². The molecule has 0 saturated heterocycles. The van der Waals surface area contributed by atoms with Gasteiger partial charge in [0.25, 0.3) is 0 Å². The maximum atomic E-state index is 13.8. The number of hydrogen-bond donors (Lipinski definition) is 4. The molecule has 0 bridgehead atoms. The highest BCUT2D eigenvalue weighted by molar-refractivity contribution is 6.32. The van der Waals surface area contributed by atoms with E-state index in [1.165, 1.54) is 11.0 Å². The Morgan fingerprint density at radius 2 is 1.81 bits per heavy atom. The second kappa shape index (κ2) is 9.11. The van der Waals surface area contributed by atoms with Crippen molar-refractivity contribution in [2.24, 2.45) is 34.8 Å². The highest BCUT2D eigenvalue weighted by Gasteiger charge is 2.69. The van der Waals surface area contributed by atoms with E-state index in [1.807, 2.05) is 0 Å². The number of nitrogens with one attached hydrogen (secondary N) is 1. The number of carbonyl (C=O) groups is 5. The van der Waals surface area contributed by atoms with Crippen LogP contribution in [0.1, 0.15) is 48.7 Å². The molecule has 200 valence electrons. The van der Waals surface area contributed by atoms with Crippen LogP contribution in [-0.4, -0.2) is 76.4 Å². The van der Waals surface area contributed by atoms with E-state index in [2.05, 4.69) is 26.1 Å². The Bertz CT molecular complexity index is 1200. The van der Waals surface area contributed by atoms with Crippen LogP contribution < -0.4 is 11.1 Å². The number of Topliss-reactive ketones (excluding diaryl/α,β-unsaturated/α-hetero) is 4. The lowest BCUT2D eigenvalue weighted by Crippen LogP contribution is -2.74. The zero-order valence-corrected chi connectivity index (χ0v) is 21.8. The van der Waals surface area contributed by atoms with Gasteiger partial charge in [0.15, 0.2) is 34.7 Å². The lowest BCUT2D eigenvalue weighted by molar-refractivity contribution is -0.181. The second-order valence-electron chi connectivity index (χ2n) is 12.1. The maximum Gasteiger partial charge on any atom is 0.235 e. The third-order valence-corrected chi connectivity index (χ3v) is 8.01. The van der Waals surface area contributed by atoms with Crippen molar-refractivity contribution < 1.29 is 34.2 Å². The van der Waals surface area contributed by atoms with Crippen molar-refractivity contribution in [1.29, 1.82) is 0 Å². The van der Waals surface area contributed by atoms with Crippen molar-refractivity contribution in [2.45, 2.75) is 51.8 Å². The number of aliphatic hydroxyl groups is 1. The van der Waals surface area contributed by atoms with Crippen molar-refractivity contribution in [3.8, 4) is 5.75 Å². The fourth-order valence-corrected chi connectivity index (χ4v) is 6.41. The Morgan fingerprint density at radius 3 is 2.38 bits per heavy atom. The minimum atomic E-state index is -2.71. The summed E-state index contributed by atoms with van der Waals surface area (Å²) in [5.41, 5.74) is 4.10. The molecule has 0 heterocycles. The van der Waals surface area contributed by atoms with Gasteiger partial charge in [-0.25, -0.2) is 0 Å². The van der Waals surface area contributed by atoms with Crippen LogP contribution in [0.4, 0.5) is 0 Å². The normalized spacial score (nSPS) is 31.7. The first-order valence-corrected chi connectivity index (χ1v) is 12.5. The van der Waals surface area contributed by atoms with E-state index in [4.69, 9.17) is 5.73 Å². The molecular weight excluding hydrogens is 478 g/mol. The maximum absolute atomic E-state index is 13.8. The number of hydrogen-bond acceptors (Lipinski definition) is 9. The molecule has 4 rings (SSSR count). The van der Waals surface area contributed by atoms with Gasteiger partial charge in [-0.05, 0) is 55.5 Å². The summed E-state index contributed by atoms with van der Waals surface area (Å²) in [7, 11) is 3.12. The van der Waals surface area contributed by atoms with Gasteiger partial charge in [-0.1, -0.05) is 26.8 Å². The molecule has 0 aliphatic heterocycles. The van der Waals surface area contributed by atoms with Crippen molar-refractivity contribution in [3.05, 3.63) is 28.8 Å². The summed E-state index contributed by atoms with van der Waals surface area (Å²) >= 11 is 0. The minimum absolute atomic E-state index is 0.0154. The molecule has 0 radical (unpaired) electrons. The fraction of sp³-hybridized carbons (Fsp3) is 0.593. The zero-order chi connectivity index (χ0) is 27.6. The van der Waals surface area contributed by atoms with Gasteiger partial charge in [0.2, 0.25) is 5.91 Å². The number of amides is 1. The number of benzene rings is 1. The monoisotopic (exact) mass is 513 g/mol. The highest BCUT2D eigenvalue weighted by atomic mass is 16.3. The lowest BCUT2D eigenvalue weighted by Gasteiger charge is -2.52. The van der Waals surface area contributed by atoms with Crippen LogP contribution in [0.5, 0.6) is 5.75 Å². The summed E-state index contributed by atoms with van der Waals surface area (Å²) in [6, 6.07) is 2.04. The molecule has 2 saturated carbocycles. The summed E-state index contributed by atoms with van der Waals surface area (Å²) in [5, 5.41) is 25.6. The highest BCUT2D eigenvalue weighted by Crippen LogP contribution is 2.51. The molecule has 6 atom stereocenters. The molecule has 3 aliphatic carbocycles. The number of nitrogens with zero attached hydrogens (tertiary/aromatic N) is 1. The van der Waals surface area contributed by atoms with Crippen LogP contribution >= 0.6 is 0 Å². The number of primary amides is 1. The molecule has 1 aromatic rings. The van der Waals surface area contributed by atoms with Gasteiger partial charge in [0, 0.05) is 19.0 Å². The Kier molecular flexibility index (Phi) is 6.67. The first-order chi connectivity index (χ1) is 17.1. The Balaban J connectivity index is 1.78. The van der Waals surface area contributed by atoms with Gasteiger partial charge >= 0.3 is 0 Å². The van der Waals surface area contributed by atoms with E-state index in [-0.39, 0.29) is 29.6 Å². The summed E-state index contributed by atoms with van der Waals surface area (Å²) < 4.78 is 0. The summed E-state index contributed by atoms with van der Waals surface area (Å²) in [6.07, 6.45) is 0.293. The number of ketones is 4. The largest absolute Gasteiger partial charge is 0.507 e. The first kappa shape index (κ1) is 27.1. The van der Waals surface area contributed by atoms with Crippen LogP contribution in [-0.2, 0) is 32.1 Å². The molecule has 10 nitrogen and oxygen atoms in total. The quantitative estimate of drug-likeness (QED) is 0.396. The smallest absolute Gasteiger partial charge is 0.235 e. The molecule has 10 heteroatoms. The fourth-order valence-electron chi connectivity index (χ4n) is 6.41. The molecule has 2 unspecified atom stereocenters. The molecule has 37 heavy (non-hydrogen) atoms. The van der Waals surface area contributed by atoms with E-state index in [1.54, 1.807) is 20.2 Å². The summed E-state index contributed by atoms with van der Waals surface area (Å²) in [6.45, 7) is 7.43. The molecule has 5 N–H and O–H groups in total. The van der Waals surface area contributed by atoms with Crippen LogP contribution in [0, 0.1) is 29.1 Å². The third kappa shape index (κ3) is 4.20. The van der Waals surface area contributed by atoms with Gasteiger partial charge < -0.3 is 21.3 Å². The van der Waals surface area contributed by atoms with Gasteiger partial charge in [-0.15, -0.1) is 0 Å². The lowest BCUT2D eigenvalue weighted by atomic mass is 9.52. The van der Waals surface area contributed by atoms with Crippen LogP contribution in [0.15, 0.2) is 12.1 Å². The van der Waals surface area contributed by atoms with Crippen molar-refractivity contribution in [3.63, 3.8) is 0 Å². The number of likely N-dealkylation sites (N-methyl/N-ethyl adjacent to an activating group) is 1. The van der Waals surface area contributed by atoms with E-state index in [0.29, 0.717) is 18.7 Å². The topological polar surface area (TPSA) is 167 Å². The first-order valence-electron chi connectivity index (χ1n) is 12.5. The number of fused-ring (bicyclic) bond motifs is 3. The Hall–Kier alpha value is -2.95. The number of phenolic OH excluding ortho intramolecular Hbond substituents is 1. The molecule has 0 spiro atoms. The Labute approximate surface area is 215 Å². The summed E-state index contributed by atoms with van der Waals surface area (Å²) in [5.74, 6) is -10.3. The molecule has 2 fully saturated rings. The average Bonchev–Trinajstić information content (AvgIpc) is 2.76. The number of aromatic hydroxyl groups is 1. The molecule has 1 aromatic carbocycles. The standard InChI is InChI=1S/C27H35N3O7/c1-26(2,3)11-29-10-12-6-7-16(31)18-14(12)8-13-9-15-20(30(4)5)22(33)19(25(28)36)24(35)27(15,37)23(34)17(13)21(18)32/h6-7,13,15,17,19-20,29,31,37H,8-11H2,1-5H3,(H2,28,36)/t13-,15-,17?,19?,20-,27-/m1/s1. The van der Waals surface area contributed by atoms with E-state index in [9.17, 15) is 34.2 Å². The molecular formula is C27H35N3O7. The second-order valence-corrected chi connectivity index (χ2v) is 12.1. The predicted molar refractivity (Wildman–Crippen MR) is 133 cm³/mol. The zero-order valence-electron chi connectivity index (χ0n) is 21.8.